The normalized spacial score (nSPS) is 18.5. The van der Waals surface area contributed by atoms with Crippen LogP contribution in [0.2, 0.25) is 0 Å². The summed E-state index contributed by atoms with van der Waals surface area (Å²) >= 11 is 0. The van der Waals surface area contributed by atoms with Crippen molar-refractivity contribution in [2.24, 2.45) is 5.92 Å². The van der Waals surface area contributed by atoms with Crippen LogP contribution in [0.5, 0.6) is 11.5 Å². The third kappa shape index (κ3) is 2.93. The Bertz CT molecular complexity index is 995. The highest BCUT2D eigenvalue weighted by atomic mass is 16.5. The summed E-state index contributed by atoms with van der Waals surface area (Å²) in [5.74, 6) is 1.34. The van der Waals surface area contributed by atoms with Crippen molar-refractivity contribution >= 4 is 11.8 Å². The summed E-state index contributed by atoms with van der Waals surface area (Å²) in [5, 5.41) is 12.8. The fourth-order valence-corrected chi connectivity index (χ4v) is 4.13. The summed E-state index contributed by atoms with van der Waals surface area (Å²) in [5.41, 5.74) is 6.58. The van der Waals surface area contributed by atoms with Gasteiger partial charge < -0.3 is 19.2 Å². The van der Waals surface area contributed by atoms with Gasteiger partial charge in [-0.25, -0.2) is 0 Å². The van der Waals surface area contributed by atoms with Crippen molar-refractivity contribution < 1.29 is 14.2 Å². The Hall–Kier alpha value is -2.95. The van der Waals surface area contributed by atoms with Crippen molar-refractivity contribution in [2.75, 3.05) is 14.2 Å². The minimum absolute atomic E-state index is 0.0996. The van der Waals surface area contributed by atoms with Crippen molar-refractivity contribution in [1.29, 1.82) is 0 Å². The van der Waals surface area contributed by atoms with Gasteiger partial charge in [0.25, 0.3) is 0 Å². The molecule has 0 N–H and O–H groups in total. The first kappa shape index (κ1) is 17.5. The zero-order chi connectivity index (χ0) is 19.1. The average molecular weight is 364 g/mol. The van der Waals surface area contributed by atoms with E-state index in [0.29, 0.717) is 18.0 Å². The molecule has 0 spiro atoms. The molecule has 0 saturated carbocycles. The first-order valence-electron chi connectivity index (χ1n) is 9.12. The van der Waals surface area contributed by atoms with E-state index in [4.69, 9.17) is 9.47 Å². The Balaban J connectivity index is 1.74. The number of allylic oxidation sites excluding steroid dienone is 4. The second-order valence-corrected chi connectivity index (χ2v) is 7.23. The number of fused-ring (bicyclic) bond motifs is 2. The molecule has 1 aliphatic carbocycles. The van der Waals surface area contributed by atoms with E-state index in [1.807, 2.05) is 12.3 Å². The fraction of sp³-hybridized carbons (Fsp3) is 0.318. The topological polar surface area (TPSA) is 49.5 Å². The number of hydrogen-bond acceptors (Lipinski definition) is 3. The largest absolute Gasteiger partial charge is 0.618 e. The second kappa shape index (κ2) is 6.65. The van der Waals surface area contributed by atoms with E-state index in [1.165, 1.54) is 22.3 Å². The Morgan fingerprint density at radius 1 is 1.15 bits per heavy atom. The Labute approximate surface area is 159 Å². The highest BCUT2D eigenvalue weighted by molar-refractivity contribution is 5.81. The number of methoxy groups -OCH3 is 2. The highest BCUT2D eigenvalue weighted by Gasteiger charge is 2.32. The molecule has 0 saturated heterocycles. The molecule has 2 aromatic rings. The molecule has 0 bridgehead atoms. The molecule has 0 unspecified atom stereocenters. The summed E-state index contributed by atoms with van der Waals surface area (Å²) in [6.45, 7) is 4.95. The summed E-state index contributed by atoms with van der Waals surface area (Å²) in [6, 6.07) is 6.53. The molecular weight excluding hydrogens is 340 g/mol. The Kier molecular flexibility index (Phi) is 4.30. The summed E-state index contributed by atoms with van der Waals surface area (Å²) in [4.78, 5) is 0. The maximum atomic E-state index is 12.8. The lowest BCUT2D eigenvalue weighted by molar-refractivity contribution is -0.404. The van der Waals surface area contributed by atoms with Gasteiger partial charge >= 0.3 is 0 Å². The van der Waals surface area contributed by atoms with Gasteiger partial charge in [0, 0.05) is 12.6 Å². The number of ether oxygens (including phenoxy) is 2. The highest BCUT2D eigenvalue weighted by Crippen LogP contribution is 2.39. The SMILES string of the molecule is COc1cn2c(c1OC)C=[N+]([O-])C1=CC=C(c3ccc(C)cc3C)C[C@H]1C2. The van der Waals surface area contributed by atoms with E-state index < -0.39 is 0 Å². The van der Waals surface area contributed by atoms with Gasteiger partial charge in [-0.2, -0.15) is 4.74 Å². The molecule has 5 heteroatoms. The molecule has 4 rings (SSSR count). The summed E-state index contributed by atoms with van der Waals surface area (Å²) < 4.78 is 13.9. The number of hydrogen-bond donors (Lipinski definition) is 0. The minimum atomic E-state index is 0.0996. The zero-order valence-electron chi connectivity index (χ0n) is 16.2. The number of nitrogens with zero attached hydrogens (tertiary/aromatic N) is 2. The smallest absolute Gasteiger partial charge is 0.208 e. The molecule has 1 aliphatic heterocycles. The fourth-order valence-electron chi connectivity index (χ4n) is 4.13. The molecule has 1 atom stereocenters. The van der Waals surface area contributed by atoms with E-state index >= 15 is 0 Å². The first-order chi connectivity index (χ1) is 13.0. The summed E-state index contributed by atoms with van der Waals surface area (Å²) in [6.07, 6.45) is 8.37. The van der Waals surface area contributed by atoms with Gasteiger partial charge in [0.1, 0.15) is 0 Å². The molecule has 2 aliphatic rings. The lowest BCUT2D eigenvalue weighted by atomic mass is 9.85. The molecule has 1 aromatic heterocycles. The van der Waals surface area contributed by atoms with Crippen LogP contribution in [0.4, 0.5) is 0 Å². The molecule has 140 valence electrons. The van der Waals surface area contributed by atoms with Crippen LogP contribution >= 0.6 is 0 Å². The maximum Gasteiger partial charge on any atom is 0.208 e. The van der Waals surface area contributed by atoms with Crippen LogP contribution in [0.15, 0.2) is 42.2 Å². The minimum Gasteiger partial charge on any atom is -0.618 e. The number of hydroxylamine groups is 1. The standard InChI is InChI=1S/C22H24N2O3/c1-14-5-7-18(15(2)9-14)16-6-8-19-17(10-16)11-23-13-21(26-3)22(27-4)20(23)12-24(19)25/h5-9,12-13,17H,10-11H2,1-4H3/t17-/m0/s1. The Morgan fingerprint density at radius 2 is 1.96 bits per heavy atom. The van der Waals surface area contributed by atoms with Crippen LogP contribution in [0, 0.1) is 25.0 Å². The monoisotopic (exact) mass is 364 g/mol. The molecule has 2 heterocycles. The van der Waals surface area contributed by atoms with Crippen LogP contribution in [0.25, 0.3) is 5.57 Å². The molecule has 0 amide bonds. The maximum absolute atomic E-state index is 12.8. The van der Waals surface area contributed by atoms with Crippen molar-refractivity contribution in [3.8, 4) is 11.5 Å². The number of rotatable bonds is 3. The first-order valence-corrected chi connectivity index (χ1v) is 9.12. The van der Waals surface area contributed by atoms with E-state index in [-0.39, 0.29) is 5.92 Å². The van der Waals surface area contributed by atoms with Crippen molar-refractivity contribution in [1.82, 2.24) is 4.57 Å². The van der Waals surface area contributed by atoms with Crippen molar-refractivity contribution in [3.05, 3.63) is 69.8 Å². The van der Waals surface area contributed by atoms with E-state index in [1.54, 1.807) is 20.4 Å². The quantitative estimate of drug-likeness (QED) is 0.610. The lowest BCUT2D eigenvalue weighted by Gasteiger charge is -2.23. The molecular formula is C22H24N2O3. The number of benzene rings is 1. The van der Waals surface area contributed by atoms with Crippen LogP contribution in [0.3, 0.4) is 0 Å². The van der Waals surface area contributed by atoms with Crippen LogP contribution in [-0.2, 0) is 6.54 Å². The molecule has 27 heavy (non-hydrogen) atoms. The predicted molar refractivity (Wildman–Crippen MR) is 106 cm³/mol. The summed E-state index contributed by atoms with van der Waals surface area (Å²) in [7, 11) is 3.21. The van der Waals surface area contributed by atoms with E-state index in [9.17, 15) is 5.21 Å². The van der Waals surface area contributed by atoms with Gasteiger partial charge in [-0.15, -0.1) is 0 Å². The average Bonchev–Trinajstić information content (AvgIpc) is 2.90. The van der Waals surface area contributed by atoms with Gasteiger partial charge in [-0.1, -0.05) is 29.8 Å². The molecule has 1 aromatic carbocycles. The van der Waals surface area contributed by atoms with Crippen molar-refractivity contribution in [3.63, 3.8) is 0 Å². The van der Waals surface area contributed by atoms with Gasteiger partial charge in [-0.05, 0) is 37.0 Å². The van der Waals surface area contributed by atoms with Gasteiger partial charge in [0.15, 0.2) is 22.9 Å². The Morgan fingerprint density at radius 3 is 2.67 bits per heavy atom. The number of aromatic nitrogens is 1. The molecule has 5 nitrogen and oxygen atoms in total. The third-order valence-electron chi connectivity index (χ3n) is 5.44. The second-order valence-electron chi connectivity index (χ2n) is 7.23. The van der Waals surface area contributed by atoms with Gasteiger partial charge in [0.05, 0.1) is 26.3 Å². The van der Waals surface area contributed by atoms with E-state index in [2.05, 4.69) is 42.7 Å². The molecule has 0 fully saturated rings. The van der Waals surface area contributed by atoms with Crippen LogP contribution < -0.4 is 9.47 Å². The third-order valence-corrected chi connectivity index (χ3v) is 5.44. The van der Waals surface area contributed by atoms with Gasteiger partial charge in [0.2, 0.25) is 6.21 Å². The van der Waals surface area contributed by atoms with Crippen LogP contribution in [0.1, 0.15) is 28.8 Å². The molecule has 0 radical (unpaired) electrons. The van der Waals surface area contributed by atoms with Crippen molar-refractivity contribution in [2.45, 2.75) is 26.8 Å². The predicted octanol–water partition coefficient (Wildman–Crippen LogP) is 4.05. The lowest BCUT2D eigenvalue weighted by Crippen LogP contribution is -2.19. The zero-order valence-corrected chi connectivity index (χ0v) is 16.2. The van der Waals surface area contributed by atoms with E-state index in [0.717, 1.165) is 22.6 Å². The van der Waals surface area contributed by atoms with Gasteiger partial charge in [-0.3, -0.25) is 0 Å². The van der Waals surface area contributed by atoms with Crippen LogP contribution in [-0.4, -0.2) is 29.7 Å². The number of aryl methyl sites for hydroxylation is 2.